The Bertz CT molecular complexity index is 1470. The number of likely N-dealkylation sites (tertiary alicyclic amines) is 1. The van der Waals surface area contributed by atoms with Crippen molar-refractivity contribution < 1.29 is 9.53 Å². The summed E-state index contributed by atoms with van der Waals surface area (Å²) in [5.41, 5.74) is 2.97. The maximum Gasteiger partial charge on any atom is 0.226 e. The van der Waals surface area contributed by atoms with Crippen LogP contribution in [0.1, 0.15) is 30.2 Å². The lowest BCUT2D eigenvalue weighted by molar-refractivity contribution is -0.134. The summed E-state index contributed by atoms with van der Waals surface area (Å²) >= 11 is 1.65. The fraction of sp³-hybridized carbons (Fsp3) is 0.400. The summed E-state index contributed by atoms with van der Waals surface area (Å²) in [6, 6.07) is 6.26. The van der Waals surface area contributed by atoms with Crippen LogP contribution in [0.15, 0.2) is 24.7 Å². The van der Waals surface area contributed by atoms with Gasteiger partial charge in [-0.05, 0) is 44.2 Å². The van der Waals surface area contributed by atoms with Crippen LogP contribution in [-0.2, 0) is 17.6 Å². The molecule has 1 aromatic carbocycles. The average Bonchev–Trinajstić information content (AvgIpc) is 3.61. The van der Waals surface area contributed by atoms with E-state index in [0.29, 0.717) is 26.1 Å². The fourth-order valence-electron chi connectivity index (χ4n) is 5.21. The summed E-state index contributed by atoms with van der Waals surface area (Å²) < 4.78 is 5.88. The molecule has 0 radical (unpaired) electrons. The van der Waals surface area contributed by atoms with Crippen molar-refractivity contribution >= 4 is 49.9 Å². The lowest BCUT2D eigenvalue weighted by Gasteiger charge is -2.26. The number of aromatic nitrogens is 4. The van der Waals surface area contributed by atoms with Crippen molar-refractivity contribution in [3.8, 4) is 11.8 Å². The first-order valence-electron chi connectivity index (χ1n) is 11.9. The molecular formula is C25H25N7O2S. The number of aryl methyl sites for hydroxylation is 1. The molecule has 2 N–H and O–H groups in total. The molecule has 1 fully saturated rings. The van der Waals surface area contributed by atoms with Gasteiger partial charge in [-0.3, -0.25) is 9.89 Å². The molecule has 1 saturated heterocycles. The van der Waals surface area contributed by atoms with E-state index in [2.05, 4.69) is 31.6 Å². The molecule has 3 aromatic heterocycles. The number of H-pyrrole nitrogens is 1. The molecule has 0 bridgehead atoms. The predicted octanol–water partition coefficient (Wildman–Crippen LogP) is 4.19. The molecule has 6 rings (SSSR count). The van der Waals surface area contributed by atoms with Crippen LogP contribution >= 0.6 is 11.3 Å². The van der Waals surface area contributed by atoms with Gasteiger partial charge in [-0.15, -0.1) is 11.3 Å². The Kier molecular flexibility index (Phi) is 5.49. The SMILES string of the molecule is CCOc1cc2[nH]ncc2cc1Nc1ncnc2sc3c(c12)CC[C@H](C(=O)N1CCC(C#N)C1)C3. The molecular weight excluding hydrogens is 462 g/mol. The highest BCUT2D eigenvalue weighted by molar-refractivity contribution is 7.19. The Labute approximate surface area is 206 Å². The van der Waals surface area contributed by atoms with E-state index in [1.54, 1.807) is 23.9 Å². The van der Waals surface area contributed by atoms with Gasteiger partial charge >= 0.3 is 0 Å². The van der Waals surface area contributed by atoms with Crippen molar-refractivity contribution in [3.05, 3.63) is 35.1 Å². The fourth-order valence-corrected chi connectivity index (χ4v) is 6.48. The number of nitrogens with one attached hydrogen (secondary N) is 2. The number of fused-ring (bicyclic) bond motifs is 4. The molecule has 1 unspecified atom stereocenters. The van der Waals surface area contributed by atoms with E-state index in [4.69, 9.17) is 4.74 Å². The Morgan fingerprint density at radius 3 is 3.11 bits per heavy atom. The highest BCUT2D eigenvalue weighted by atomic mass is 32.1. The normalized spacial score (nSPS) is 19.6. The van der Waals surface area contributed by atoms with Gasteiger partial charge in [-0.2, -0.15) is 10.4 Å². The highest BCUT2D eigenvalue weighted by Gasteiger charge is 2.34. The number of nitrogens with zero attached hydrogens (tertiary/aromatic N) is 5. The van der Waals surface area contributed by atoms with Crippen molar-refractivity contribution in [2.45, 2.75) is 32.6 Å². The van der Waals surface area contributed by atoms with Crippen LogP contribution in [0.25, 0.3) is 21.1 Å². The molecule has 10 heteroatoms. The lowest BCUT2D eigenvalue weighted by Crippen LogP contribution is -2.36. The molecule has 4 aromatic rings. The quantitative estimate of drug-likeness (QED) is 0.433. The standard InChI is InChI=1S/C25H25N7O2S/c1-2-34-20-9-18-16(11-29-31-18)7-19(20)30-23-22-17-4-3-15(8-21(17)35-24(22)28-13-27-23)25(33)32-6-5-14(10-26)12-32/h7,9,11,13-15H,2-6,8,12H2,1H3,(H,29,31)(H,27,28,30)/t14?,15-/m0/s1. The van der Waals surface area contributed by atoms with Crippen LogP contribution in [0.2, 0.25) is 0 Å². The zero-order valence-corrected chi connectivity index (χ0v) is 20.2. The van der Waals surface area contributed by atoms with Crippen molar-refractivity contribution in [1.29, 1.82) is 5.26 Å². The van der Waals surface area contributed by atoms with Crippen molar-refractivity contribution in [2.75, 3.05) is 25.0 Å². The summed E-state index contributed by atoms with van der Waals surface area (Å²) in [5, 5.41) is 21.8. The van der Waals surface area contributed by atoms with Gasteiger partial charge < -0.3 is 15.0 Å². The van der Waals surface area contributed by atoms with Crippen LogP contribution in [0.4, 0.5) is 11.5 Å². The van der Waals surface area contributed by atoms with Crippen LogP contribution in [0, 0.1) is 23.2 Å². The summed E-state index contributed by atoms with van der Waals surface area (Å²) in [7, 11) is 0. The predicted molar refractivity (Wildman–Crippen MR) is 134 cm³/mol. The smallest absolute Gasteiger partial charge is 0.226 e. The van der Waals surface area contributed by atoms with Gasteiger partial charge in [0, 0.05) is 35.3 Å². The Morgan fingerprint density at radius 2 is 2.29 bits per heavy atom. The van der Waals surface area contributed by atoms with Crippen molar-refractivity contribution in [1.82, 2.24) is 25.1 Å². The lowest BCUT2D eigenvalue weighted by atomic mass is 9.87. The van der Waals surface area contributed by atoms with Gasteiger partial charge in [0.15, 0.2) is 0 Å². The Hall–Kier alpha value is -3.71. The number of amides is 1. The van der Waals surface area contributed by atoms with Crippen LogP contribution < -0.4 is 10.1 Å². The number of rotatable bonds is 5. The maximum atomic E-state index is 13.1. The molecule has 2 aliphatic rings. The molecule has 178 valence electrons. The number of hydrogen-bond acceptors (Lipinski definition) is 8. The van der Waals surface area contributed by atoms with Crippen LogP contribution in [-0.4, -0.2) is 50.7 Å². The minimum absolute atomic E-state index is 0.0332. The molecule has 4 heterocycles. The zero-order chi connectivity index (χ0) is 23.9. The van der Waals surface area contributed by atoms with Gasteiger partial charge in [-0.25, -0.2) is 9.97 Å². The number of thiophene rings is 1. The van der Waals surface area contributed by atoms with Gasteiger partial charge in [0.25, 0.3) is 0 Å². The average molecular weight is 488 g/mol. The van der Waals surface area contributed by atoms with Crippen molar-refractivity contribution in [2.24, 2.45) is 11.8 Å². The van der Waals surface area contributed by atoms with E-state index >= 15 is 0 Å². The third kappa shape index (κ3) is 3.86. The third-order valence-corrected chi connectivity index (χ3v) is 8.13. The second-order valence-electron chi connectivity index (χ2n) is 9.11. The first-order valence-corrected chi connectivity index (χ1v) is 12.8. The zero-order valence-electron chi connectivity index (χ0n) is 19.4. The van der Waals surface area contributed by atoms with E-state index in [9.17, 15) is 10.1 Å². The third-order valence-electron chi connectivity index (χ3n) is 6.97. The molecule has 1 aliphatic heterocycles. The molecule has 0 spiro atoms. The molecule has 9 nitrogen and oxygen atoms in total. The van der Waals surface area contributed by atoms with E-state index in [1.165, 1.54) is 10.4 Å². The number of ether oxygens (including phenoxy) is 1. The maximum absolute atomic E-state index is 13.1. The summed E-state index contributed by atoms with van der Waals surface area (Å²) in [5.74, 6) is 1.59. The monoisotopic (exact) mass is 487 g/mol. The largest absolute Gasteiger partial charge is 0.492 e. The second-order valence-corrected chi connectivity index (χ2v) is 10.2. The van der Waals surface area contributed by atoms with E-state index < -0.39 is 0 Å². The molecule has 1 aliphatic carbocycles. The summed E-state index contributed by atoms with van der Waals surface area (Å²) in [6.45, 7) is 3.76. The van der Waals surface area contributed by atoms with Crippen LogP contribution in [0.5, 0.6) is 5.75 Å². The molecule has 1 amide bonds. The second kappa shape index (κ2) is 8.82. The van der Waals surface area contributed by atoms with Gasteiger partial charge in [0.05, 0.1) is 41.4 Å². The minimum atomic E-state index is -0.0366. The van der Waals surface area contributed by atoms with E-state index in [0.717, 1.165) is 57.6 Å². The van der Waals surface area contributed by atoms with Crippen molar-refractivity contribution in [3.63, 3.8) is 0 Å². The molecule has 2 atom stereocenters. The van der Waals surface area contributed by atoms with Gasteiger partial charge in [0.1, 0.15) is 22.7 Å². The first-order chi connectivity index (χ1) is 17.1. The number of nitriles is 1. The number of benzene rings is 1. The van der Waals surface area contributed by atoms with Gasteiger partial charge in [0.2, 0.25) is 5.91 Å². The summed E-state index contributed by atoms with van der Waals surface area (Å²) in [6.07, 6.45) is 6.47. The number of hydrogen-bond donors (Lipinski definition) is 2. The first kappa shape index (κ1) is 21.8. The van der Waals surface area contributed by atoms with E-state index in [-0.39, 0.29) is 17.7 Å². The molecule has 0 saturated carbocycles. The highest BCUT2D eigenvalue weighted by Crippen LogP contribution is 2.42. The van der Waals surface area contributed by atoms with E-state index in [1.807, 2.05) is 24.0 Å². The van der Waals surface area contributed by atoms with Crippen LogP contribution in [0.3, 0.4) is 0 Å². The summed E-state index contributed by atoms with van der Waals surface area (Å²) in [4.78, 5) is 26.3. The number of carbonyl (C=O) groups is 1. The number of aromatic amines is 1. The number of anilines is 2. The topological polar surface area (TPSA) is 120 Å². The minimum Gasteiger partial charge on any atom is -0.492 e. The number of carbonyl (C=O) groups excluding carboxylic acids is 1. The Balaban J connectivity index is 1.31. The molecule has 35 heavy (non-hydrogen) atoms. The van der Waals surface area contributed by atoms with Gasteiger partial charge in [-0.1, -0.05) is 0 Å². The Morgan fingerprint density at radius 1 is 1.37 bits per heavy atom.